The Bertz CT molecular complexity index is 433. The maximum Gasteiger partial charge on any atom is 0.141 e. The molecule has 4 nitrogen and oxygen atoms in total. The molecule has 0 spiro atoms. The number of halogens is 1. The van der Waals surface area contributed by atoms with Gasteiger partial charge in [0.25, 0.3) is 0 Å². The van der Waals surface area contributed by atoms with Gasteiger partial charge in [-0.25, -0.2) is 0 Å². The molecule has 2 rings (SSSR count). The summed E-state index contributed by atoms with van der Waals surface area (Å²) < 4.78 is 16.9. The molecule has 0 bridgehead atoms. The maximum atomic E-state index is 6.31. The molecule has 0 radical (unpaired) electrons. The fourth-order valence-corrected chi connectivity index (χ4v) is 3.15. The molecule has 0 aliphatic carbocycles. The molecule has 106 valence electrons. The van der Waals surface area contributed by atoms with Gasteiger partial charge in [-0.2, -0.15) is 0 Å². The summed E-state index contributed by atoms with van der Waals surface area (Å²) in [6.45, 7) is 1.66. The summed E-state index contributed by atoms with van der Waals surface area (Å²) in [7, 11) is 3.28. The van der Waals surface area contributed by atoms with E-state index in [9.17, 15) is 0 Å². The number of ether oxygens (including phenoxy) is 3. The van der Waals surface area contributed by atoms with Crippen LogP contribution >= 0.6 is 15.9 Å². The highest BCUT2D eigenvalue weighted by atomic mass is 79.9. The highest BCUT2D eigenvalue weighted by Gasteiger charge is 2.23. The van der Waals surface area contributed by atoms with Crippen molar-refractivity contribution in [2.45, 2.75) is 18.9 Å². The zero-order chi connectivity index (χ0) is 13.8. The van der Waals surface area contributed by atoms with Crippen LogP contribution in [0.4, 0.5) is 0 Å². The van der Waals surface area contributed by atoms with E-state index in [2.05, 4.69) is 15.9 Å². The van der Waals surface area contributed by atoms with Crippen LogP contribution in [0.2, 0.25) is 0 Å². The lowest BCUT2D eigenvalue weighted by molar-refractivity contribution is 0.182. The molecule has 2 unspecified atom stereocenters. The Balaban J connectivity index is 2.20. The van der Waals surface area contributed by atoms with Crippen molar-refractivity contribution in [3.8, 4) is 11.5 Å². The number of hydrogen-bond donors (Lipinski definition) is 1. The van der Waals surface area contributed by atoms with Gasteiger partial charge in [0.2, 0.25) is 0 Å². The minimum absolute atomic E-state index is 0.0520. The van der Waals surface area contributed by atoms with Gasteiger partial charge in [-0.3, -0.25) is 0 Å². The largest absolute Gasteiger partial charge is 0.495 e. The lowest BCUT2D eigenvalue weighted by Gasteiger charge is -2.20. The van der Waals surface area contributed by atoms with E-state index in [-0.39, 0.29) is 6.04 Å². The molecule has 1 aliphatic heterocycles. The van der Waals surface area contributed by atoms with Gasteiger partial charge >= 0.3 is 0 Å². The number of hydrogen-bond acceptors (Lipinski definition) is 4. The highest BCUT2D eigenvalue weighted by molar-refractivity contribution is 9.10. The van der Waals surface area contributed by atoms with Crippen molar-refractivity contribution in [1.29, 1.82) is 0 Å². The molecule has 1 saturated heterocycles. The summed E-state index contributed by atoms with van der Waals surface area (Å²) in [6.07, 6.45) is 2.00. The van der Waals surface area contributed by atoms with E-state index in [0.717, 1.165) is 47.6 Å². The van der Waals surface area contributed by atoms with Crippen LogP contribution in [-0.4, -0.2) is 27.4 Å². The average Bonchev–Trinajstić information content (AvgIpc) is 2.91. The van der Waals surface area contributed by atoms with E-state index in [0.29, 0.717) is 5.92 Å². The average molecular weight is 330 g/mol. The second-order valence-corrected chi connectivity index (χ2v) is 5.57. The zero-order valence-corrected chi connectivity index (χ0v) is 12.9. The number of benzene rings is 1. The molecule has 1 aromatic rings. The van der Waals surface area contributed by atoms with Crippen LogP contribution in [0.3, 0.4) is 0 Å². The molecule has 2 atom stereocenters. The fourth-order valence-electron chi connectivity index (χ4n) is 2.47. The van der Waals surface area contributed by atoms with Gasteiger partial charge in [0, 0.05) is 24.8 Å². The van der Waals surface area contributed by atoms with Gasteiger partial charge in [-0.05, 0) is 46.8 Å². The van der Waals surface area contributed by atoms with Crippen LogP contribution in [0, 0.1) is 5.92 Å². The molecule has 19 heavy (non-hydrogen) atoms. The molecule has 0 amide bonds. The van der Waals surface area contributed by atoms with Crippen molar-refractivity contribution >= 4 is 15.9 Å². The Morgan fingerprint density at radius 1 is 1.42 bits per heavy atom. The monoisotopic (exact) mass is 329 g/mol. The fraction of sp³-hybridized carbons (Fsp3) is 0.571. The lowest BCUT2D eigenvalue weighted by atomic mass is 9.94. The highest BCUT2D eigenvalue weighted by Crippen LogP contribution is 2.40. The van der Waals surface area contributed by atoms with Gasteiger partial charge in [-0.1, -0.05) is 0 Å². The molecule has 5 heteroatoms. The van der Waals surface area contributed by atoms with E-state index in [1.807, 2.05) is 12.1 Å². The topological polar surface area (TPSA) is 53.7 Å². The Morgan fingerprint density at radius 2 is 2.21 bits per heavy atom. The third-order valence-corrected chi connectivity index (χ3v) is 4.28. The predicted molar refractivity (Wildman–Crippen MR) is 77.7 cm³/mol. The molecular formula is C14H20BrNO3. The molecule has 1 fully saturated rings. The van der Waals surface area contributed by atoms with Crippen molar-refractivity contribution in [2.75, 3.05) is 27.4 Å². The maximum absolute atomic E-state index is 6.31. The number of nitrogens with two attached hydrogens (primary N) is 1. The first-order valence-electron chi connectivity index (χ1n) is 6.41. The quantitative estimate of drug-likeness (QED) is 0.902. The normalized spacial score (nSPS) is 20.3. The third-order valence-electron chi connectivity index (χ3n) is 3.53. The summed E-state index contributed by atoms with van der Waals surface area (Å²) in [5.74, 6) is 2.04. The van der Waals surface area contributed by atoms with Crippen LogP contribution in [0.5, 0.6) is 11.5 Å². The Hall–Kier alpha value is -0.780. The first kappa shape index (κ1) is 14.6. The standard InChI is InChI=1S/C14H20BrNO3/c1-17-12-4-3-10(14(18-2)13(12)15)11(16)7-9-5-6-19-8-9/h3-4,9,11H,5-8,16H2,1-2H3. The molecule has 1 heterocycles. The van der Waals surface area contributed by atoms with Crippen molar-refractivity contribution in [1.82, 2.24) is 0 Å². The van der Waals surface area contributed by atoms with E-state index < -0.39 is 0 Å². The van der Waals surface area contributed by atoms with Gasteiger partial charge in [-0.15, -0.1) is 0 Å². The van der Waals surface area contributed by atoms with Crippen LogP contribution in [0.1, 0.15) is 24.4 Å². The molecular weight excluding hydrogens is 310 g/mol. The van der Waals surface area contributed by atoms with Gasteiger partial charge < -0.3 is 19.9 Å². The van der Waals surface area contributed by atoms with E-state index in [1.165, 1.54) is 0 Å². The predicted octanol–water partition coefficient (Wildman–Crippen LogP) is 2.89. The van der Waals surface area contributed by atoms with Crippen LogP contribution in [0.15, 0.2) is 16.6 Å². The van der Waals surface area contributed by atoms with Crippen LogP contribution in [-0.2, 0) is 4.74 Å². The zero-order valence-electron chi connectivity index (χ0n) is 11.3. The smallest absolute Gasteiger partial charge is 0.141 e. The minimum atomic E-state index is -0.0520. The Morgan fingerprint density at radius 3 is 2.79 bits per heavy atom. The third kappa shape index (κ3) is 3.22. The first-order valence-corrected chi connectivity index (χ1v) is 7.20. The van der Waals surface area contributed by atoms with E-state index in [4.69, 9.17) is 19.9 Å². The summed E-state index contributed by atoms with van der Waals surface area (Å²) in [5, 5.41) is 0. The summed E-state index contributed by atoms with van der Waals surface area (Å²) >= 11 is 3.50. The summed E-state index contributed by atoms with van der Waals surface area (Å²) in [6, 6.07) is 3.83. The minimum Gasteiger partial charge on any atom is -0.495 e. The van der Waals surface area contributed by atoms with Gasteiger partial charge in [0.1, 0.15) is 16.0 Å². The van der Waals surface area contributed by atoms with Crippen LogP contribution < -0.4 is 15.2 Å². The first-order chi connectivity index (χ1) is 9.17. The van der Waals surface area contributed by atoms with Gasteiger partial charge in [0.15, 0.2) is 0 Å². The summed E-state index contributed by atoms with van der Waals surface area (Å²) in [4.78, 5) is 0. The second kappa shape index (κ2) is 6.59. The van der Waals surface area contributed by atoms with Gasteiger partial charge in [0.05, 0.1) is 14.2 Å². The van der Waals surface area contributed by atoms with Crippen LogP contribution in [0.25, 0.3) is 0 Å². The number of rotatable bonds is 5. The molecule has 1 aliphatic rings. The lowest BCUT2D eigenvalue weighted by Crippen LogP contribution is -2.16. The molecule has 1 aromatic carbocycles. The Labute approximate surface area is 122 Å². The second-order valence-electron chi connectivity index (χ2n) is 4.78. The van der Waals surface area contributed by atoms with Crippen molar-refractivity contribution < 1.29 is 14.2 Å². The SMILES string of the molecule is COc1ccc(C(N)CC2CCOC2)c(OC)c1Br. The van der Waals surface area contributed by atoms with Crippen molar-refractivity contribution in [2.24, 2.45) is 11.7 Å². The number of methoxy groups -OCH3 is 2. The molecule has 0 aromatic heterocycles. The summed E-state index contributed by atoms with van der Waals surface area (Å²) in [5.41, 5.74) is 7.32. The van der Waals surface area contributed by atoms with Crippen molar-refractivity contribution in [3.05, 3.63) is 22.2 Å². The molecule has 2 N–H and O–H groups in total. The van der Waals surface area contributed by atoms with Crippen molar-refractivity contribution in [3.63, 3.8) is 0 Å². The van der Waals surface area contributed by atoms with E-state index >= 15 is 0 Å². The molecule has 0 saturated carbocycles. The Kier molecular flexibility index (Phi) is 5.07. The van der Waals surface area contributed by atoms with E-state index in [1.54, 1.807) is 14.2 Å².